The topological polar surface area (TPSA) is 82.8 Å². The predicted molar refractivity (Wildman–Crippen MR) is 98.9 cm³/mol. The second kappa shape index (κ2) is 7.56. The van der Waals surface area contributed by atoms with E-state index in [0.717, 1.165) is 30.4 Å². The Kier molecular flexibility index (Phi) is 4.99. The van der Waals surface area contributed by atoms with Crippen LogP contribution < -0.4 is 5.32 Å². The molecule has 2 amide bonds. The molecule has 1 saturated carbocycles. The number of benzene rings is 1. The van der Waals surface area contributed by atoms with Crippen molar-refractivity contribution in [1.82, 2.24) is 10.2 Å². The monoisotopic (exact) mass is 368 g/mol. The van der Waals surface area contributed by atoms with Gasteiger partial charge in [-0.1, -0.05) is 30.7 Å². The van der Waals surface area contributed by atoms with Gasteiger partial charge in [-0.05, 0) is 36.1 Å². The molecule has 0 saturated heterocycles. The lowest BCUT2D eigenvalue weighted by atomic mass is 9.92. The van der Waals surface area contributed by atoms with Crippen LogP contribution in [0.25, 0.3) is 0 Å². The Labute approximate surface area is 158 Å². The third-order valence-corrected chi connectivity index (χ3v) is 5.77. The highest BCUT2D eigenvalue weighted by molar-refractivity contribution is 5.96. The second-order valence-corrected chi connectivity index (χ2v) is 7.39. The van der Waals surface area contributed by atoms with Gasteiger partial charge in [-0.25, -0.2) is 0 Å². The van der Waals surface area contributed by atoms with Gasteiger partial charge in [-0.2, -0.15) is 0 Å². The van der Waals surface area contributed by atoms with Crippen molar-refractivity contribution in [2.75, 3.05) is 6.61 Å². The molecule has 2 heterocycles. The molecule has 1 aromatic carbocycles. The van der Waals surface area contributed by atoms with Gasteiger partial charge in [0.2, 0.25) is 5.91 Å². The van der Waals surface area contributed by atoms with Crippen molar-refractivity contribution in [3.8, 4) is 0 Å². The standard InChI is InChI=1S/C21H24N2O4/c24-13-16-7-3-8-17(16)22-20(25)18-11-14-5-1-2-6-15(14)12-23(18)21(26)19-9-4-10-27-19/h1-2,4-6,9-10,16-18,24H,3,7-8,11-13H2,(H,22,25)/t16-,17-,18+/m1/s1. The summed E-state index contributed by atoms with van der Waals surface area (Å²) in [7, 11) is 0. The molecule has 6 heteroatoms. The summed E-state index contributed by atoms with van der Waals surface area (Å²) in [6, 6.07) is 10.6. The summed E-state index contributed by atoms with van der Waals surface area (Å²) in [5.41, 5.74) is 2.14. The fourth-order valence-electron chi connectivity index (χ4n) is 4.24. The van der Waals surface area contributed by atoms with Crippen molar-refractivity contribution in [2.24, 2.45) is 5.92 Å². The lowest BCUT2D eigenvalue weighted by Gasteiger charge is -2.36. The Morgan fingerprint density at radius 3 is 2.70 bits per heavy atom. The molecule has 1 fully saturated rings. The van der Waals surface area contributed by atoms with E-state index in [-0.39, 0.29) is 36.1 Å². The number of furan rings is 1. The number of hydrogen-bond donors (Lipinski definition) is 2. The van der Waals surface area contributed by atoms with Gasteiger partial charge in [0.15, 0.2) is 5.76 Å². The van der Waals surface area contributed by atoms with Gasteiger partial charge in [0.1, 0.15) is 6.04 Å². The van der Waals surface area contributed by atoms with Gasteiger partial charge in [-0.15, -0.1) is 0 Å². The largest absolute Gasteiger partial charge is 0.459 e. The van der Waals surface area contributed by atoms with Crippen LogP contribution in [0, 0.1) is 5.92 Å². The molecule has 0 bridgehead atoms. The van der Waals surface area contributed by atoms with Crippen LogP contribution in [0.5, 0.6) is 0 Å². The molecule has 0 unspecified atom stereocenters. The zero-order valence-electron chi connectivity index (χ0n) is 15.1. The first-order valence-electron chi connectivity index (χ1n) is 9.50. The Balaban J connectivity index is 1.59. The first-order valence-corrected chi connectivity index (χ1v) is 9.50. The molecule has 2 aliphatic rings. The van der Waals surface area contributed by atoms with Crippen LogP contribution >= 0.6 is 0 Å². The number of nitrogens with zero attached hydrogens (tertiary/aromatic N) is 1. The first kappa shape index (κ1) is 17.8. The number of aliphatic hydroxyl groups excluding tert-OH is 1. The molecule has 0 radical (unpaired) electrons. The molecule has 2 N–H and O–H groups in total. The van der Waals surface area contributed by atoms with Gasteiger partial charge in [0.05, 0.1) is 6.26 Å². The maximum atomic E-state index is 13.1. The summed E-state index contributed by atoms with van der Waals surface area (Å²) in [6.45, 7) is 0.454. The van der Waals surface area contributed by atoms with Crippen LogP contribution in [0.4, 0.5) is 0 Å². The molecule has 142 valence electrons. The van der Waals surface area contributed by atoms with Gasteiger partial charge < -0.3 is 19.7 Å². The smallest absolute Gasteiger partial charge is 0.290 e. The molecule has 3 atom stereocenters. The number of aliphatic hydroxyl groups is 1. The van der Waals surface area contributed by atoms with Gasteiger partial charge >= 0.3 is 0 Å². The molecular formula is C21H24N2O4. The normalized spacial score (nSPS) is 24.5. The number of rotatable bonds is 4. The molecule has 1 aliphatic carbocycles. The van der Waals surface area contributed by atoms with E-state index in [9.17, 15) is 14.7 Å². The van der Waals surface area contributed by atoms with Crippen LogP contribution in [0.3, 0.4) is 0 Å². The molecule has 1 aromatic heterocycles. The number of nitrogens with one attached hydrogen (secondary N) is 1. The van der Waals surface area contributed by atoms with E-state index in [2.05, 4.69) is 5.32 Å². The maximum Gasteiger partial charge on any atom is 0.290 e. The molecule has 4 rings (SSSR count). The van der Waals surface area contributed by atoms with Gasteiger partial charge in [0, 0.05) is 31.5 Å². The van der Waals surface area contributed by atoms with Gasteiger partial charge in [-0.3, -0.25) is 9.59 Å². The fraction of sp³-hybridized carbons (Fsp3) is 0.429. The molecule has 0 spiro atoms. The number of carbonyl (C=O) groups is 2. The molecule has 2 aromatic rings. The summed E-state index contributed by atoms with van der Waals surface area (Å²) in [5, 5.41) is 12.6. The average molecular weight is 368 g/mol. The van der Waals surface area contributed by atoms with E-state index in [1.165, 1.54) is 6.26 Å². The quantitative estimate of drug-likeness (QED) is 0.866. The second-order valence-electron chi connectivity index (χ2n) is 7.39. The highest BCUT2D eigenvalue weighted by atomic mass is 16.3. The average Bonchev–Trinajstić information content (AvgIpc) is 3.38. The van der Waals surface area contributed by atoms with E-state index in [1.807, 2.05) is 24.3 Å². The van der Waals surface area contributed by atoms with Crippen molar-refractivity contribution in [3.63, 3.8) is 0 Å². The van der Waals surface area contributed by atoms with E-state index < -0.39 is 6.04 Å². The Bertz CT molecular complexity index is 817. The minimum atomic E-state index is -0.586. The van der Waals surface area contributed by atoms with Crippen molar-refractivity contribution < 1.29 is 19.1 Å². The number of carbonyl (C=O) groups excluding carboxylic acids is 2. The number of hydrogen-bond acceptors (Lipinski definition) is 4. The minimum absolute atomic E-state index is 0.0276. The molecule has 6 nitrogen and oxygen atoms in total. The summed E-state index contributed by atoms with van der Waals surface area (Å²) in [6.07, 6.45) is 4.73. The number of fused-ring (bicyclic) bond motifs is 1. The van der Waals surface area contributed by atoms with Crippen LogP contribution in [-0.2, 0) is 17.8 Å². The summed E-state index contributed by atoms with van der Waals surface area (Å²) in [5.74, 6) is -0.102. The Morgan fingerprint density at radius 1 is 1.15 bits per heavy atom. The van der Waals surface area contributed by atoms with E-state index in [0.29, 0.717) is 13.0 Å². The third-order valence-electron chi connectivity index (χ3n) is 5.77. The van der Waals surface area contributed by atoms with Crippen molar-refractivity contribution >= 4 is 11.8 Å². The van der Waals surface area contributed by atoms with Crippen LogP contribution in [0.15, 0.2) is 47.1 Å². The van der Waals surface area contributed by atoms with Crippen LogP contribution in [-0.4, -0.2) is 40.5 Å². The predicted octanol–water partition coefficient (Wildman–Crippen LogP) is 2.12. The van der Waals surface area contributed by atoms with Crippen LogP contribution in [0.2, 0.25) is 0 Å². The molecule has 1 aliphatic heterocycles. The third kappa shape index (κ3) is 3.49. The zero-order chi connectivity index (χ0) is 18.8. The summed E-state index contributed by atoms with van der Waals surface area (Å²) < 4.78 is 5.28. The zero-order valence-corrected chi connectivity index (χ0v) is 15.1. The van der Waals surface area contributed by atoms with E-state index in [1.54, 1.807) is 17.0 Å². The van der Waals surface area contributed by atoms with E-state index >= 15 is 0 Å². The lowest BCUT2D eigenvalue weighted by Crippen LogP contribution is -2.54. The minimum Gasteiger partial charge on any atom is -0.459 e. The van der Waals surface area contributed by atoms with Crippen molar-refractivity contribution in [3.05, 3.63) is 59.5 Å². The van der Waals surface area contributed by atoms with Crippen molar-refractivity contribution in [1.29, 1.82) is 0 Å². The van der Waals surface area contributed by atoms with Crippen molar-refractivity contribution in [2.45, 2.75) is 44.3 Å². The lowest BCUT2D eigenvalue weighted by molar-refractivity contribution is -0.127. The fourth-order valence-corrected chi connectivity index (χ4v) is 4.24. The summed E-state index contributed by atoms with van der Waals surface area (Å²) in [4.78, 5) is 27.6. The van der Waals surface area contributed by atoms with Crippen LogP contribution in [0.1, 0.15) is 40.9 Å². The van der Waals surface area contributed by atoms with E-state index in [4.69, 9.17) is 4.42 Å². The molecule has 27 heavy (non-hydrogen) atoms. The molecular weight excluding hydrogens is 344 g/mol. The number of amides is 2. The SMILES string of the molecule is O=C(N[C@@H]1CCC[C@@H]1CO)[C@@H]1Cc2ccccc2CN1C(=O)c1ccco1. The highest BCUT2D eigenvalue weighted by Crippen LogP contribution is 2.28. The Hall–Kier alpha value is -2.60. The first-order chi connectivity index (χ1) is 13.2. The highest BCUT2D eigenvalue weighted by Gasteiger charge is 2.38. The maximum absolute atomic E-state index is 13.1. The summed E-state index contributed by atoms with van der Waals surface area (Å²) >= 11 is 0. The Morgan fingerprint density at radius 2 is 1.96 bits per heavy atom. The van der Waals surface area contributed by atoms with Gasteiger partial charge in [0.25, 0.3) is 5.91 Å².